The average molecular weight is 261 g/mol. The van der Waals surface area contributed by atoms with E-state index in [2.05, 4.69) is 16.0 Å². The summed E-state index contributed by atoms with van der Waals surface area (Å²) in [6, 6.07) is 6.98. The summed E-state index contributed by atoms with van der Waals surface area (Å²) in [4.78, 5) is 19.8. The molecule has 0 atom stereocenters. The number of nitrogens with zero attached hydrogens (tertiary/aromatic N) is 2. The van der Waals surface area contributed by atoms with E-state index in [0.717, 1.165) is 4.88 Å². The summed E-state index contributed by atoms with van der Waals surface area (Å²) in [7, 11) is 0. The highest BCUT2D eigenvalue weighted by Gasteiger charge is 2.07. The molecule has 18 heavy (non-hydrogen) atoms. The summed E-state index contributed by atoms with van der Waals surface area (Å²) in [6.07, 6.45) is 0. The topological polar surface area (TPSA) is 78.8 Å². The fourth-order valence-electron chi connectivity index (χ4n) is 1.44. The molecule has 1 N–H and O–H groups in total. The Labute approximate surface area is 108 Å². The zero-order valence-corrected chi connectivity index (χ0v) is 10.6. The third-order valence-corrected chi connectivity index (χ3v) is 3.21. The summed E-state index contributed by atoms with van der Waals surface area (Å²) >= 11 is 1.31. The van der Waals surface area contributed by atoms with Crippen LogP contribution < -0.4 is 5.56 Å². The van der Waals surface area contributed by atoms with Gasteiger partial charge in [0.05, 0.1) is 10.6 Å². The molecule has 0 radical (unpaired) electrons. The summed E-state index contributed by atoms with van der Waals surface area (Å²) in [5, 5.41) is 8.78. The van der Waals surface area contributed by atoms with E-state index < -0.39 is 0 Å². The highest BCUT2D eigenvalue weighted by atomic mass is 32.1. The lowest BCUT2D eigenvalue weighted by atomic mass is 10.3. The van der Waals surface area contributed by atoms with E-state index in [1.807, 2.05) is 6.92 Å². The van der Waals surface area contributed by atoms with Gasteiger partial charge in [-0.1, -0.05) is 0 Å². The van der Waals surface area contributed by atoms with E-state index in [-0.39, 0.29) is 12.2 Å². The number of hydrogen-bond donors (Lipinski definition) is 1. The molecule has 0 saturated heterocycles. The standard InChI is InChI=1S/C12H11N3O2S/c1-2-17-7-11-14-9(5-12(16)15-11)10-4-3-8(6-13)18-10/h3-5H,2,7H2,1H3,(H,14,15,16). The van der Waals surface area contributed by atoms with Crippen molar-refractivity contribution in [2.45, 2.75) is 13.5 Å². The van der Waals surface area contributed by atoms with Gasteiger partial charge in [0.1, 0.15) is 23.4 Å². The molecule has 0 amide bonds. The van der Waals surface area contributed by atoms with Gasteiger partial charge < -0.3 is 9.72 Å². The third kappa shape index (κ3) is 2.83. The highest BCUT2D eigenvalue weighted by Crippen LogP contribution is 2.25. The fourth-order valence-corrected chi connectivity index (χ4v) is 2.20. The largest absolute Gasteiger partial charge is 0.374 e. The van der Waals surface area contributed by atoms with E-state index in [4.69, 9.17) is 10.00 Å². The van der Waals surface area contributed by atoms with E-state index in [1.165, 1.54) is 17.4 Å². The summed E-state index contributed by atoms with van der Waals surface area (Å²) < 4.78 is 5.21. The SMILES string of the molecule is CCOCc1nc(-c2ccc(C#N)s2)cc(=O)[nH]1. The zero-order chi connectivity index (χ0) is 13.0. The molecule has 92 valence electrons. The molecular formula is C12H11N3O2S. The molecule has 0 aliphatic rings. The fraction of sp³-hybridized carbons (Fsp3) is 0.250. The molecule has 0 saturated carbocycles. The molecule has 2 aromatic heterocycles. The number of aromatic nitrogens is 2. The van der Waals surface area contributed by atoms with Crippen LogP contribution in [0.15, 0.2) is 23.0 Å². The Bertz CT molecular complexity index is 639. The number of rotatable bonds is 4. The molecular weight excluding hydrogens is 250 g/mol. The smallest absolute Gasteiger partial charge is 0.251 e. The number of thiophene rings is 1. The maximum atomic E-state index is 11.5. The van der Waals surface area contributed by atoms with Gasteiger partial charge in [-0.05, 0) is 19.1 Å². The average Bonchev–Trinajstić information content (AvgIpc) is 2.84. The number of nitrogens with one attached hydrogen (secondary N) is 1. The third-order valence-electron chi connectivity index (χ3n) is 2.20. The first-order chi connectivity index (χ1) is 8.72. The quantitative estimate of drug-likeness (QED) is 0.911. The van der Waals surface area contributed by atoms with Gasteiger partial charge in [0.25, 0.3) is 5.56 Å². The minimum absolute atomic E-state index is 0.221. The van der Waals surface area contributed by atoms with Crippen LogP contribution in [0.25, 0.3) is 10.6 Å². The number of aromatic amines is 1. The van der Waals surface area contributed by atoms with Gasteiger partial charge in [-0.15, -0.1) is 11.3 Å². The van der Waals surface area contributed by atoms with Gasteiger partial charge in [-0.3, -0.25) is 4.79 Å². The van der Waals surface area contributed by atoms with Crippen molar-refractivity contribution in [2.75, 3.05) is 6.61 Å². The van der Waals surface area contributed by atoms with E-state index >= 15 is 0 Å². The van der Waals surface area contributed by atoms with Crippen molar-refractivity contribution in [1.29, 1.82) is 5.26 Å². The van der Waals surface area contributed by atoms with Crippen LogP contribution in [-0.4, -0.2) is 16.6 Å². The van der Waals surface area contributed by atoms with E-state index in [0.29, 0.717) is 23.0 Å². The van der Waals surface area contributed by atoms with Crippen LogP contribution in [-0.2, 0) is 11.3 Å². The highest BCUT2D eigenvalue weighted by molar-refractivity contribution is 7.15. The molecule has 5 nitrogen and oxygen atoms in total. The molecule has 0 aromatic carbocycles. The minimum atomic E-state index is -0.221. The van der Waals surface area contributed by atoms with Gasteiger partial charge in [-0.2, -0.15) is 5.26 Å². The summed E-state index contributed by atoms with van der Waals surface area (Å²) in [5.74, 6) is 0.492. The Morgan fingerprint density at radius 3 is 3.06 bits per heavy atom. The van der Waals surface area contributed by atoms with Gasteiger partial charge in [0.15, 0.2) is 0 Å². The number of ether oxygens (including phenoxy) is 1. The van der Waals surface area contributed by atoms with Crippen LogP contribution in [0.1, 0.15) is 17.6 Å². The lowest BCUT2D eigenvalue weighted by Gasteiger charge is -2.02. The first kappa shape index (κ1) is 12.5. The molecule has 2 aromatic rings. The second-order valence-corrected chi connectivity index (χ2v) is 4.57. The Balaban J connectivity index is 2.36. The van der Waals surface area contributed by atoms with Crippen LogP contribution in [0.2, 0.25) is 0 Å². The van der Waals surface area contributed by atoms with E-state index in [1.54, 1.807) is 12.1 Å². The van der Waals surface area contributed by atoms with Crippen molar-refractivity contribution in [3.8, 4) is 16.6 Å². The van der Waals surface area contributed by atoms with Crippen LogP contribution in [0.3, 0.4) is 0 Å². The van der Waals surface area contributed by atoms with Gasteiger partial charge in [0.2, 0.25) is 0 Å². The first-order valence-corrected chi connectivity index (χ1v) is 6.23. The van der Waals surface area contributed by atoms with Crippen molar-refractivity contribution in [1.82, 2.24) is 9.97 Å². The van der Waals surface area contributed by atoms with Crippen molar-refractivity contribution in [3.63, 3.8) is 0 Å². The molecule has 6 heteroatoms. The maximum Gasteiger partial charge on any atom is 0.251 e. The lowest BCUT2D eigenvalue weighted by molar-refractivity contribution is 0.128. The van der Waals surface area contributed by atoms with Gasteiger partial charge in [-0.25, -0.2) is 4.98 Å². The predicted molar refractivity (Wildman–Crippen MR) is 68.2 cm³/mol. The Morgan fingerprint density at radius 2 is 2.39 bits per heavy atom. The van der Waals surface area contributed by atoms with Crippen LogP contribution >= 0.6 is 11.3 Å². The second-order valence-electron chi connectivity index (χ2n) is 3.49. The van der Waals surface area contributed by atoms with E-state index in [9.17, 15) is 4.79 Å². The molecule has 0 bridgehead atoms. The summed E-state index contributed by atoms with van der Waals surface area (Å²) in [6.45, 7) is 2.71. The molecule has 2 rings (SSSR count). The monoisotopic (exact) mass is 261 g/mol. The van der Waals surface area contributed by atoms with Crippen molar-refractivity contribution >= 4 is 11.3 Å². The second kappa shape index (κ2) is 5.58. The molecule has 2 heterocycles. The molecule has 0 aliphatic heterocycles. The summed E-state index contributed by atoms with van der Waals surface area (Å²) in [5.41, 5.74) is 0.349. The lowest BCUT2D eigenvalue weighted by Crippen LogP contribution is -2.11. The molecule has 0 aliphatic carbocycles. The number of H-pyrrole nitrogens is 1. The Morgan fingerprint density at radius 1 is 1.56 bits per heavy atom. The zero-order valence-electron chi connectivity index (χ0n) is 9.77. The molecule has 0 unspecified atom stereocenters. The minimum Gasteiger partial charge on any atom is -0.374 e. The number of nitriles is 1. The predicted octanol–water partition coefficient (Wildman–Crippen LogP) is 1.91. The first-order valence-electron chi connectivity index (χ1n) is 5.41. The van der Waals surface area contributed by atoms with Crippen molar-refractivity contribution in [3.05, 3.63) is 39.3 Å². The normalized spacial score (nSPS) is 10.2. The number of hydrogen-bond acceptors (Lipinski definition) is 5. The van der Waals surface area contributed by atoms with Crippen LogP contribution in [0.4, 0.5) is 0 Å². The molecule has 0 fully saturated rings. The van der Waals surface area contributed by atoms with Gasteiger partial charge in [0, 0.05) is 12.7 Å². The van der Waals surface area contributed by atoms with Crippen molar-refractivity contribution in [2.24, 2.45) is 0 Å². The maximum absolute atomic E-state index is 11.5. The van der Waals surface area contributed by atoms with Crippen LogP contribution in [0.5, 0.6) is 0 Å². The van der Waals surface area contributed by atoms with Gasteiger partial charge >= 0.3 is 0 Å². The Hall–Kier alpha value is -1.97. The van der Waals surface area contributed by atoms with Crippen LogP contribution in [0, 0.1) is 11.3 Å². The van der Waals surface area contributed by atoms with Crippen molar-refractivity contribution < 1.29 is 4.74 Å². The molecule has 0 spiro atoms. The Kier molecular flexibility index (Phi) is 3.87.